The fourth-order valence-corrected chi connectivity index (χ4v) is 5.04. The van der Waals surface area contributed by atoms with E-state index in [9.17, 15) is 9.59 Å². The summed E-state index contributed by atoms with van der Waals surface area (Å²) < 4.78 is 5.79. The highest BCUT2D eigenvalue weighted by molar-refractivity contribution is 6.32. The first-order valence-corrected chi connectivity index (χ1v) is 14.2. The van der Waals surface area contributed by atoms with E-state index in [1.165, 1.54) is 18.4 Å². The molecule has 204 valence electrons. The summed E-state index contributed by atoms with van der Waals surface area (Å²) in [6.45, 7) is 0.524. The Labute approximate surface area is 240 Å². The molecule has 0 radical (unpaired) electrons. The highest BCUT2D eigenvalue weighted by atomic mass is 35.5. The maximum atomic E-state index is 13.7. The first kappa shape index (κ1) is 28.7. The van der Waals surface area contributed by atoms with Crippen LogP contribution in [0.3, 0.4) is 0 Å². The van der Waals surface area contributed by atoms with E-state index < -0.39 is 6.04 Å². The number of amides is 2. The van der Waals surface area contributed by atoms with Gasteiger partial charge in [0, 0.05) is 24.5 Å². The van der Waals surface area contributed by atoms with Crippen molar-refractivity contribution in [3.63, 3.8) is 0 Å². The first-order chi connectivity index (χ1) is 19.0. The summed E-state index contributed by atoms with van der Waals surface area (Å²) in [5, 5.41) is 4.13. The molecule has 0 fully saturated rings. The Balaban J connectivity index is 1.56. The lowest BCUT2D eigenvalue weighted by Gasteiger charge is -2.31. The maximum Gasteiger partial charge on any atom is 0.261 e. The van der Waals surface area contributed by atoms with E-state index in [1.54, 1.807) is 41.3 Å². The molecule has 0 aliphatic heterocycles. The van der Waals surface area contributed by atoms with Gasteiger partial charge in [-0.15, -0.1) is 0 Å². The van der Waals surface area contributed by atoms with E-state index in [0.717, 1.165) is 30.4 Å². The smallest absolute Gasteiger partial charge is 0.261 e. The minimum atomic E-state index is -0.731. The number of benzene rings is 3. The van der Waals surface area contributed by atoms with Crippen LogP contribution in [-0.2, 0) is 22.6 Å². The van der Waals surface area contributed by atoms with Crippen LogP contribution in [0.25, 0.3) is 0 Å². The normalized spacial score (nSPS) is 13.7. The van der Waals surface area contributed by atoms with Crippen molar-refractivity contribution in [1.29, 1.82) is 0 Å². The number of ether oxygens (including phenoxy) is 1. The topological polar surface area (TPSA) is 58.6 Å². The lowest BCUT2D eigenvalue weighted by Crippen LogP contribution is -2.51. The first-order valence-electron chi connectivity index (χ1n) is 13.4. The van der Waals surface area contributed by atoms with E-state index in [4.69, 9.17) is 27.9 Å². The van der Waals surface area contributed by atoms with Crippen molar-refractivity contribution < 1.29 is 14.3 Å². The van der Waals surface area contributed by atoms with Gasteiger partial charge < -0.3 is 15.0 Å². The van der Waals surface area contributed by atoms with Gasteiger partial charge in [0.2, 0.25) is 5.91 Å². The number of nitrogens with one attached hydrogen (secondary N) is 1. The molecule has 0 bridgehead atoms. The molecule has 0 heterocycles. The molecule has 1 unspecified atom stereocenters. The molecule has 4 rings (SSSR count). The number of allylic oxidation sites excluding steroid dienone is 1. The van der Waals surface area contributed by atoms with Gasteiger partial charge in [-0.3, -0.25) is 9.59 Å². The van der Waals surface area contributed by atoms with Gasteiger partial charge in [0.05, 0.1) is 5.02 Å². The lowest BCUT2D eigenvalue weighted by molar-refractivity contribution is -0.142. The SMILES string of the molecule is O=C(NCCC1=CCCCC1)C(Cc1ccccc1)N(Cc1ccc(Cl)cc1)C(=O)COc1ccccc1Cl. The minimum Gasteiger partial charge on any atom is -0.482 e. The van der Waals surface area contributed by atoms with Crippen LogP contribution in [0.1, 0.15) is 43.2 Å². The van der Waals surface area contributed by atoms with E-state index in [-0.39, 0.29) is 25.0 Å². The molecule has 0 spiro atoms. The Hall–Kier alpha value is -3.28. The zero-order valence-electron chi connectivity index (χ0n) is 22.0. The largest absolute Gasteiger partial charge is 0.482 e. The maximum absolute atomic E-state index is 13.7. The van der Waals surface area contributed by atoms with Crippen LogP contribution in [0.4, 0.5) is 0 Å². The lowest BCUT2D eigenvalue weighted by atomic mass is 9.97. The highest BCUT2D eigenvalue weighted by Gasteiger charge is 2.30. The van der Waals surface area contributed by atoms with Crippen LogP contribution in [0, 0.1) is 0 Å². The summed E-state index contributed by atoms with van der Waals surface area (Å²) >= 11 is 12.3. The summed E-state index contributed by atoms with van der Waals surface area (Å²) in [7, 11) is 0. The number of para-hydroxylation sites is 1. The van der Waals surface area contributed by atoms with Crippen molar-refractivity contribution in [1.82, 2.24) is 10.2 Å². The summed E-state index contributed by atoms with van der Waals surface area (Å²) in [5.74, 6) is -0.0740. The molecule has 3 aromatic rings. The number of rotatable bonds is 12. The van der Waals surface area contributed by atoms with Gasteiger partial charge in [-0.25, -0.2) is 0 Å². The van der Waals surface area contributed by atoms with Crippen LogP contribution in [0.5, 0.6) is 5.75 Å². The average Bonchev–Trinajstić information content (AvgIpc) is 2.96. The number of carbonyl (C=O) groups is 2. The van der Waals surface area contributed by atoms with Gasteiger partial charge in [-0.1, -0.05) is 89.4 Å². The van der Waals surface area contributed by atoms with Crippen LogP contribution >= 0.6 is 23.2 Å². The van der Waals surface area contributed by atoms with Crippen LogP contribution in [0.15, 0.2) is 90.5 Å². The molecule has 3 aromatic carbocycles. The Bertz CT molecular complexity index is 1260. The van der Waals surface area contributed by atoms with Crippen LogP contribution in [-0.4, -0.2) is 35.9 Å². The second kappa shape index (κ2) is 14.8. The van der Waals surface area contributed by atoms with Gasteiger partial charge in [0.25, 0.3) is 5.91 Å². The minimum absolute atomic E-state index is 0.185. The number of carbonyl (C=O) groups excluding carboxylic acids is 2. The second-order valence-corrected chi connectivity index (χ2v) is 10.6. The van der Waals surface area contributed by atoms with E-state index in [0.29, 0.717) is 28.8 Å². The fourth-order valence-electron chi connectivity index (χ4n) is 4.72. The number of hydrogen-bond donors (Lipinski definition) is 1. The molecule has 0 aromatic heterocycles. The van der Waals surface area contributed by atoms with E-state index in [1.807, 2.05) is 42.5 Å². The molecule has 5 nitrogen and oxygen atoms in total. The average molecular weight is 566 g/mol. The Morgan fingerprint density at radius 2 is 1.64 bits per heavy atom. The van der Waals surface area contributed by atoms with Crippen molar-refractivity contribution in [2.75, 3.05) is 13.2 Å². The van der Waals surface area contributed by atoms with Crippen molar-refractivity contribution >= 4 is 35.0 Å². The van der Waals surface area contributed by atoms with E-state index >= 15 is 0 Å². The summed E-state index contributed by atoms with van der Waals surface area (Å²) in [4.78, 5) is 29.0. The monoisotopic (exact) mass is 564 g/mol. The zero-order valence-corrected chi connectivity index (χ0v) is 23.5. The van der Waals surface area contributed by atoms with Gasteiger partial charge in [-0.2, -0.15) is 0 Å². The Morgan fingerprint density at radius 1 is 0.897 bits per heavy atom. The quantitative estimate of drug-likeness (QED) is 0.240. The number of nitrogens with zero attached hydrogens (tertiary/aromatic N) is 1. The number of halogens is 2. The standard InChI is InChI=1S/C32H34Cl2N2O3/c33-27-17-15-26(16-18-27)22-36(31(37)23-39-30-14-8-7-13-28(30)34)29(21-25-11-5-2-6-12-25)32(38)35-20-19-24-9-3-1-4-10-24/h2,5-9,11-18,29H,1,3-4,10,19-23H2,(H,35,38). The molecule has 2 amide bonds. The molecule has 1 aliphatic carbocycles. The zero-order chi connectivity index (χ0) is 27.5. The molecular weight excluding hydrogens is 531 g/mol. The fraction of sp³-hybridized carbons (Fsp3) is 0.312. The van der Waals surface area contributed by atoms with Crippen molar-refractivity contribution in [2.45, 2.75) is 51.1 Å². The van der Waals surface area contributed by atoms with Gasteiger partial charge >= 0.3 is 0 Å². The number of hydrogen-bond acceptors (Lipinski definition) is 3. The summed E-state index contributed by atoms with van der Waals surface area (Å²) in [5.41, 5.74) is 3.22. The molecular formula is C32H34Cl2N2O3. The van der Waals surface area contributed by atoms with Crippen molar-refractivity contribution in [3.8, 4) is 5.75 Å². The molecule has 0 saturated heterocycles. The molecule has 1 atom stereocenters. The Kier molecular flexibility index (Phi) is 10.9. The van der Waals surface area contributed by atoms with Crippen molar-refractivity contribution in [2.24, 2.45) is 0 Å². The third-order valence-corrected chi connectivity index (χ3v) is 7.42. The highest BCUT2D eigenvalue weighted by Crippen LogP contribution is 2.24. The molecule has 39 heavy (non-hydrogen) atoms. The van der Waals surface area contributed by atoms with E-state index in [2.05, 4.69) is 11.4 Å². The van der Waals surface area contributed by atoms with Crippen LogP contribution < -0.4 is 10.1 Å². The molecule has 1 aliphatic rings. The van der Waals surface area contributed by atoms with Crippen LogP contribution in [0.2, 0.25) is 10.0 Å². The van der Waals surface area contributed by atoms with Gasteiger partial charge in [0.1, 0.15) is 11.8 Å². The molecule has 1 N–H and O–H groups in total. The van der Waals surface area contributed by atoms with Crippen molar-refractivity contribution in [3.05, 3.63) is 112 Å². The third kappa shape index (κ3) is 8.87. The van der Waals surface area contributed by atoms with Gasteiger partial charge in [-0.05, 0) is 67.5 Å². The Morgan fingerprint density at radius 3 is 2.36 bits per heavy atom. The summed E-state index contributed by atoms with van der Waals surface area (Å²) in [6, 6.07) is 23.3. The molecule has 0 saturated carbocycles. The molecule has 7 heteroatoms. The predicted octanol–water partition coefficient (Wildman–Crippen LogP) is 7.02. The predicted molar refractivity (Wildman–Crippen MR) is 157 cm³/mol. The van der Waals surface area contributed by atoms with Gasteiger partial charge in [0.15, 0.2) is 6.61 Å². The second-order valence-electron chi connectivity index (χ2n) is 9.72. The summed E-state index contributed by atoms with van der Waals surface area (Å²) in [6.07, 6.45) is 8.11. The third-order valence-electron chi connectivity index (χ3n) is 6.86.